The van der Waals surface area contributed by atoms with Gasteiger partial charge >= 0.3 is 0 Å². The van der Waals surface area contributed by atoms with Crippen LogP contribution in [0.15, 0.2) is 12.4 Å². The summed E-state index contributed by atoms with van der Waals surface area (Å²) in [4.78, 5) is 0. The first-order valence-electron chi connectivity index (χ1n) is 15.3. The minimum absolute atomic E-state index is 0.607. The van der Waals surface area contributed by atoms with E-state index in [1.165, 1.54) is 154 Å². The average Bonchev–Trinajstić information content (AvgIpc) is 3.21. The molecule has 0 atom stereocenters. The number of aromatic nitrogens is 2. The van der Waals surface area contributed by atoms with Crippen LogP contribution in [0.25, 0.3) is 0 Å². The molecule has 0 unspecified atom stereocenters. The van der Waals surface area contributed by atoms with Crippen LogP contribution in [0.2, 0.25) is 0 Å². The molecule has 1 heterocycles. The number of imidazole rings is 1. The molecule has 33 heavy (non-hydrogen) atoms. The smallest absolute Gasteiger partial charge is 0.234 e. The van der Waals surface area contributed by atoms with Crippen molar-refractivity contribution < 1.29 is 4.57 Å². The molecule has 0 aromatic carbocycles. The van der Waals surface area contributed by atoms with Crippen molar-refractivity contribution in [2.75, 3.05) is 0 Å². The molecule has 0 aliphatic carbocycles. The lowest BCUT2D eigenvalue weighted by Gasteiger charge is -2.08. The van der Waals surface area contributed by atoms with Crippen LogP contribution in [0.5, 0.6) is 0 Å². The van der Waals surface area contributed by atoms with Crippen LogP contribution in [-0.4, -0.2) is 4.57 Å². The normalized spacial score (nSPS) is 11.7. The highest BCUT2D eigenvalue weighted by Gasteiger charge is 2.19. The van der Waals surface area contributed by atoms with Gasteiger partial charge in [0.2, 0.25) is 0 Å². The van der Waals surface area contributed by atoms with Gasteiger partial charge in [0.1, 0.15) is 12.4 Å². The molecule has 1 aromatic heterocycles. The maximum absolute atomic E-state index is 2.55. The first-order valence-corrected chi connectivity index (χ1v) is 15.3. The van der Waals surface area contributed by atoms with Crippen molar-refractivity contribution in [1.29, 1.82) is 0 Å². The van der Waals surface area contributed by atoms with E-state index in [1.54, 1.807) is 0 Å². The molecule has 0 saturated heterocycles. The highest BCUT2D eigenvalue weighted by molar-refractivity contribution is 4.89. The second kappa shape index (κ2) is 21.7. The maximum Gasteiger partial charge on any atom is 0.258 e. The van der Waals surface area contributed by atoms with Gasteiger partial charge in [-0.2, -0.15) is 0 Å². The van der Waals surface area contributed by atoms with E-state index >= 15 is 0 Å². The minimum Gasteiger partial charge on any atom is -0.234 e. The Bertz CT molecular complexity index is 531. The lowest BCUT2D eigenvalue weighted by molar-refractivity contribution is -0.705. The van der Waals surface area contributed by atoms with E-state index in [1.807, 2.05) is 0 Å². The maximum atomic E-state index is 2.55. The Hall–Kier alpha value is -0.790. The first kappa shape index (κ1) is 30.2. The van der Waals surface area contributed by atoms with Gasteiger partial charge in [-0.25, -0.2) is 9.13 Å². The third-order valence-electron chi connectivity index (χ3n) is 7.29. The summed E-state index contributed by atoms with van der Waals surface area (Å²) >= 11 is 0. The second-order valence-electron chi connectivity index (χ2n) is 10.9. The average molecular weight is 462 g/mol. The SMILES string of the molecule is CCCCCCCCCCCCCCn1cc[n+](CCCCCCCCCCC)c1C(C)C. The van der Waals surface area contributed by atoms with Gasteiger partial charge in [-0.05, 0) is 25.7 Å². The summed E-state index contributed by atoms with van der Waals surface area (Å²) in [5, 5.41) is 0. The molecule has 0 aliphatic rings. The van der Waals surface area contributed by atoms with Gasteiger partial charge in [0.15, 0.2) is 0 Å². The Balaban J connectivity index is 2.12. The zero-order valence-corrected chi connectivity index (χ0v) is 23.4. The Morgan fingerprint density at radius 2 is 0.970 bits per heavy atom. The Morgan fingerprint density at radius 1 is 0.576 bits per heavy atom. The summed E-state index contributed by atoms with van der Waals surface area (Å²) in [5.41, 5.74) is 0. The zero-order chi connectivity index (χ0) is 24.0. The van der Waals surface area contributed by atoms with Gasteiger partial charge in [-0.15, -0.1) is 0 Å². The molecular weight excluding hydrogens is 400 g/mol. The van der Waals surface area contributed by atoms with Crippen LogP contribution in [0.4, 0.5) is 0 Å². The van der Waals surface area contributed by atoms with Gasteiger partial charge in [0.05, 0.1) is 19.0 Å². The van der Waals surface area contributed by atoms with Crippen LogP contribution in [0, 0.1) is 0 Å². The predicted octanol–water partition coefficient (Wildman–Crippen LogP) is 10.1. The second-order valence-corrected chi connectivity index (χ2v) is 10.9. The van der Waals surface area contributed by atoms with Crippen molar-refractivity contribution in [2.24, 2.45) is 0 Å². The number of unbranched alkanes of at least 4 members (excludes halogenated alkanes) is 19. The third kappa shape index (κ3) is 15.7. The summed E-state index contributed by atoms with van der Waals surface area (Å²) in [6.07, 6.45) is 34.5. The van der Waals surface area contributed by atoms with E-state index in [-0.39, 0.29) is 0 Å². The van der Waals surface area contributed by atoms with Crippen LogP contribution < -0.4 is 4.57 Å². The molecule has 0 bridgehead atoms. The molecule has 2 nitrogen and oxygen atoms in total. The van der Waals surface area contributed by atoms with Crippen LogP contribution in [0.3, 0.4) is 0 Å². The minimum atomic E-state index is 0.607. The van der Waals surface area contributed by atoms with E-state index in [4.69, 9.17) is 0 Å². The van der Waals surface area contributed by atoms with Crippen molar-refractivity contribution in [1.82, 2.24) is 4.57 Å². The van der Waals surface area contributed by atoms with Crippen LogP contribution in [0.1, 0.15) is 174 Å². The van der Waals surface area contributed by atoms with E-state index in [0.29, 0.717) is 5.92 Å². The first-order chi connectivity index (χ1) is 16.2. The molecule has 0 fully saturated rings. The Kier molecular flexibility index (Phi) is 19.9. The van der Waals surface area contributed by atoms with Crippen LogP contribution in [-0.2, 0) is 13.1 Å². The molecular formula is C31H61N2+. The fraction of sp³-hybridized carbons (Fsp3) is 0.903. The van der Waals surface area contributed by atoms with Crippen LogP contribution >= 0.6 is 0 Å². The summed E-state index contributed by atoms with van der Waals surface area (Å²) < 4.78 is 5.10. The van der Waals surface area contributed by atoms with Gasteiger partial charge in [-0.3, -0.25) is 0 Å². The molecule has 0 aliphatic heterocycles. The molecule has 2 heteroatoms. The van der Waals surface area contributed by atoms with Crippen molar-refractivity contribution in [3.05, 3.63) is 18.2 Å². The van der Waals surface area contributed by atoms with E-state index < -0.39 is 0 Å². The molecule has 1 aromatic rings. The fourth-order valence-corrected chi connectivity index (χ4v) is 5.24. The molecule has 0 radical (unpaired) electrons. The largest absolute Gasteiger partial charge is 0.258 e. The number of hydrogen-bond acceptors (Lipinski definition) is 0. The fourth-order valence-electron chi connectivity index (χ4n) is 5.24. The number of hydrogen-bond donors (Lipinski definition) is 0. The van der Waals surface area contributed by atoms with Gasteiger partial charge < -0.3 is 0 Å². The monoisotopic (exact) mass is 461 g/mol. The Morgan fingerprint density at radius 3 is 1.39 bits per heavy atom. The highest BCUT2D eigenvalue weighted by atomic mass is 15.1. The number of nitrogens with zero attached hydrogens (tertiary/aromatic N) is 2. The molecule has 0 amide bonds. The quantitative estimate of drug-likeness (QED) is 0.107. The highest BCUT2D eigenvalue weighted by Crippen LogP contribution is 2.15. The van der Waals surface area contributed by atoms with E-state index in [2.05, 4.69) is 49.2 Å². The topological polar surface area (TPSA) is 8.81 Å². The van der Waals surface area contributed by atoms with E-state index in [0.717, 1.165) is 0 Å². The van der Waals surface area contributed by atoms with Crippen molar-refractivity contribution >= 4 is 0 Å². The summed E-state index contributed by atoms with van der Waals surface area (Å²) in [6, 6.07) is 0. The van der Waals surface area contributed by atoms with Crippen molar-refractivity contribution in [3.8, 4) is 0 Å². The Labute approximate surface area is 208 Å². The zero-order valence-electron chi connectivity index (χ0n) is 23.4. The van der Waals surface area contributed by atoms with Gasteiger partial charge in [0, 0.05) is 0 Å². The van der Waals surface area contributed by atoms with Gasteiger partial charge in [-0.1, -0.05) is 137 Å². The number of aryl methyl sites for hydroxylation is 2. The molecule has 194 valence electrons. The third-order valence-corrected chi connectivity index (χ3v) is 7.29. The molecule has 0 N–H and O–H groups in total. The number of rotatable bonds is 24. The summed E-state index contributed by atoms with van der Waals surface area (Å²) in [7, 11) is 0. The lowest BCUT2D eigenvalue weighted by atomic mass is 10.1. The van der Waals surface area contributed by atoms with Crippen molar-refractivity contribution in [2.45, 2.75) is 182 Å². The summed E-state index contributed by atoms with van der Waals surface area (Å²) in [5.74, 6) is 2.15. The standard InChI is InChI=1S/C31H61N2/c1-5-7-9-11-13-15-16-17-19-21-23-25-27-33-29-28-32(31(33)30(3)4)26-24-22-20-18-14-12-10-8-6-2/h28-30H,5-27H2,1-4H3/q+1. The predicted molar refractivity (Wildman–Crippen MR) is 147 cm³/mol. The molecule has 0 spiro atoms. The summed E-state index contributed by atoms with van der Waals surface area (Å²) in [6.45, 7) is 11.7. The molecule has 0 saturated carbocycles. The van der Waals surface area contributed by atoms with E-state index in [9.17, 15) is 0 Å². The van der Waals surface area contributed by atoms with Gasteiger partial charge in [0.25, 0.3) is 5.82 Å². The molecule has 1 rings (SSSR count). The lowest BCUT2D eigenvalue weighted by Crippen LogP contribution is -2.38. The van der Waals surface area contributed by atoms with Crippen molar-refractivity contribution in [3.63, 3.8) is 0 Å².